The number of aliphatic hydroxyl groups excluding tert-OH is 1. The number of hydrogen-bond acceptors (Lipinski definition) is 9. The number of benzene rings is 2. The minimum Gasteiger partial charge on any atom is -0.394 e. The van der Waals surface area contributed by atoms with Crippen LogP contribution in [0.2, 0.25) is 0 Å². The van der Waals surface area contributed by atoms with Crippen LogP contribution in [0.1, 0.15) is 141 Å². The Morgan fingerprint density at radius 1 is 0.593 bits per heavy atom. The molecule has 2 aromatic carbocycles. The highest BCUT2D eigenvalue weighted by molar-refractivity contribution is 8.00. The second-order valence-corrected chi connectivity index (χ2v) is 19.8. The predicted molar refractivity (Wildman–Crippen MR) is 261 cm³/mol. The van der Waals surface area contributed by atoms with Gasteiger partial charge in [-0.1, -0.05) is 199 Å². The van der Waals surface area contributed by atoms with Crippen LogP contribution in [0.15, 0.2) is 108 Å². The van der Waals surface area contributed by atoms with Crippen LogP contribution in [-0.2, 0) is 19.8 Å². The summed E-state index contributed by atoms with van der Waals surface area (Å²) in [6.45, 7) is 5.31. The van der Waals surface area contributed by atoms with E-state index in [0.717, 1.165) is 36.8 Å². The molecule has 2 unspecified atom stereocenters. The van der Waals surface area contributed by atoms with E-state index in [9.17, 15) is 10.2 Å². The summed E-state index contributed by atoms with van der Waals surface area (Å²) in [7, 11) is 0. The third-order valence-electron chi connectivity index (χ3n) is 12.0. The second-order valence-electron chi connectivity index (χ2n) is 16.6. The molecule has 0 fully saturated rings. The first-order valence-electron chi connectivity index (χ1n) is 22.5. The molecule has 2 atom stereocenters. The lowest BCUT2D eigenvalue weighted by atomic mass is 9.68. The average molecular weight is 883 g/mol. The lowest BCUT2D eigenvalue weighted by molar-refractivity contribution is -0.217. The molecule has 2 aliphatic rings. The van der Waals surface area contributed by atoms with E-state index in [4.69, 9.17) is 64.7 Å². The SMILES string of the molecule is CCCCCCCCCC1=CCC(S)(C(OC(COCCOCCO)(c2ccccc2)c2ccccc2)(C(O)(S)S)C2(S)C=CC(CCCCCCCCC)=CC2)C=C1. The Kier molecular flexibility index (Phi) is 21.8. The summed E-state index contributed by atoms with van der Waals surface area (Å²) < 4.78 is 15.6. The monoisotopic (exact) mass is 882 g/mol. The maximum absolute atomic E-state index is 12.8. The predicted octanol–water partition coefficient (Wildman–Crippen LogP) is 12.6. The van der Waals surface area contributed by atoms with Crippen LogP contribution in [0, 0.1) is 0 Å². The fourth-order valence-electron chi connectivity index (χ4n) is 8.66. The topological polar surface area (TPSA) is 68.2 Å². The molecule has 2 aromatic rings. The molecule has 0 heterocycles. The molecule has 4 rings (SSSR count). The lowest BCUT2D eigenvalue weighted by Gasteiger charge is -2.62. The molecule has 0 radical (unpaired) electrons. The molecular formula is C50H74O5S4. The van der Waals surface area contributed by atoms with Gasteiger partial charge in [0.2, 0.25) is 0 Å². The maximum atomic E-state index is 12.8. The number of allylic oxidation sites excluding steroid dienone is 6. The summed E-state index contributed by atoms with van der Waals surface area (Å²) in [5, 5.41) is 22.1. The average Bonchev–Trinajstić information content (AvgIpc) is 3.24. The molecule has 0 spiro atoms. The zero-order chi connectivity index (χ0) is 42.5. The largest absolute Gasteiger partial charge is 0.394 e. The van der Waals surface area contributed by atoms with Crippen LogP contribution in [0.25, 0.3) is 0 Å². The second kappa shape index (κ2) is 25.6. The maximum Gasteiger partial charge on any atom is 0.184 e. The van der Waals surface area contributed by atoms with Crippen molar-refractivity contribution >= 4 is 50.5 Å². The van der Waals surface area contributed by atoms with Crippen molar-refractivity contribution in [3.8, 4) is 0 Å². The highest BCUT2D eigenvalue weighted by atomic mass is 32.2. The highest BCUT2D eigenvalue weighted by Crippen LogP contribution is 2.62. The molecule has 9 heteroatoms. The van der Waals surface area contributed by atoms with Crippen LogP contribution in [0.3, 0.4) is 0 Å². The van der Waals surface area contributed by atoms with Gasteiger partial charge in [0.05, 0.1) is 42.5 Å². The van der Waals surface area contributed by atoms with E-state index in [1.807, 2.05) is 60.7 Å². The zero-order valence-corrected chi connectivity index (χ0v) is 39.5. The van der Waals surface area contributed by atoms with Gasteiger partial charge in [0.1, 0.15) is 5.60 Å². The number of aliphatic hydroxyl groups is 2. The van der Waals surface area contributed by atoms with E-state index >= 15 is 0 Å². The van der Waals surface area contributed by atoms with Crippen molar-refractivity contribution in [3.05, 3.63) is 119 Å². The summed E-state index contributed by atoms with van der Waals surface area (Å²) in [6, 6.07) is 20.0. The van der Waals surface area contributed by atoms with Crippen LogP contribution < -0.4 is 0 Å². The summed E-state index contributed by atoms with van der Waals surface area (Å²) >= 11 is 21.2. The summed E-state index contributed by atoms with van der Waals surface area (Å²) in [6.07, 6.45) is 33.4. The molecule has 0 aliphatic heterocycles. The zero-order valence-electron chi connectivity index (χ0n) is 35.9. The van der Waals surface area contributed by atoms with Gasteiger partial charge in [-0.05, 0) is 49.7 Å². The molecule has 0 aromatic heterocycles. The molecule has 0 saturated heterocycles. The Morgan fingerprint density at radius 2 is 1.02 bits per heavy atom. The van der Waals surface area contributed by atoms with Crippen molar-refractivity contribution in [1.29, 1.82) is 0 Å². The summed E-state index contributed by atoms with van der Waals surface area (Å²) in [4.78, 5) is 0. The Hall–Kier alpha value is -1.40. The van der Waals surface area contributed by atoms with Gasteiger partial charge < -0.3 is 24.4 Å². The minimum absolute atomic E-state index is 0.0639. The van der Waals surface area contributed by atoms with Crippen molar-refractivity contribution in [2.75, 3.05) is 33.0 Å². The van der Waals surface area contributed by atoms with Gasteiger partial charge in [0.15, 0.2) is 9.87 Å². The highest BCUT2D eigenvalue weighted by Gasteiger charge is 2.71. The molecule has 0 amide bonds. The third-order valence-corrected chi connectivity index (χ3v) is 14.0. The van der Waals surface area contributed by atoms with Crippen molar-refractivity contribution in [2.45, 2.75) is 154 Å². The van der Waals surface area contributed by atoms with Gasteiger partial charge in [-0.3, -0.25) is 0 Å². The van der Waals surface area contributed by atoms with E-state index in [1.165, 1.54) is 88.2 Å². The number of unbranched alkanes of at least 4 members (excludes halogenated alkanes) is 12. The van der Waals surface area contributed by atoms with Gasteiger partial charge >= 0.3 is 0 Å². The standard InChI is InChI=1S/C50H74O5S4/c1-3-5-7-9-11-13-17-23-42-29-33-46(56,34-30-42)49(50(52,58)59,47(57)35-31-43(32-36-47)24-18-14-12-10-8-6-4-2)55-48(44-25-19-15-20-26-44,45-27-21-16-22-28-45)41-54-40-39-53-38-37-51/h15-16,19-22,25-33,35,51-52,56-59H,3-14,17-18,23-24,34,36-41H2,1-2H3. The smallest absolute Gasteiger partial charge is 0.184 e. The van der Waals surface area contributed by atoms with Crippen molar-refractivity contribution in [2.24, 2.45) is 0 Å². The van der Waals surface area contributed by atoms with Gasteiger partial charge in [0.25, 0.3) is 0 Å². The van der Waals surface area contributed by atoms with Crippen LogP contribution in [0.5, 0.6) is 0 Å². The molecule has 5 nitrogen and oxygen atoms in total. The number of thiol groups is 4. The summed E-state index contributed by atoms with van der Waals surface area (Å²) in [5.41, 5.74) is 1.17. The van der Waals surface area contributed by atoms with E-state index < -0.39 is 25.0 Å². The van der Waals surface area contributed by atoms with Crippen molar-refractivity contribution in [1.82, 2.24) is 0 Å². The normalized spacial score (nSPS) is 20.7. The molecular weight excluding hydrogens is 809 g/mol. The van der Waals surface area contributed by atoms with Gasteiger partial charge in [-0.25, -0.2) is 0 Å². The van der Waals surface area contributed by atoms with Gasteiger partial charge in [-0.15, -0.1) is 25.3 Å². The van der Waals surface area contributed by atoms with E-state index in [-0.39, 0.29) is 26.4 Å². The number of rotatable bonds is 30. The Morgan fingerprint density at radius 3 is 1.41 bits per heavy atom. The lowest BCUT2D eigenvalue weighted by Crippen LogP contribution is -2.74. The molecule has 328 valence electrons. The Balaban J connectivity index is 1.78. The Bertz CT molecular complexity index is 1510. The van der Waals surface area contributed by atoms with Gasteiger partial charge in [-0.2, -0.15) is 25.3 Å². The first-order chi connectivity index (χ1) is 28.5. The molecule has 2 aliphatic carbocycles. The van der Waals surface area contributed by atoms with Gasteiger partial charge in [0, 0.05) is 0 Å². The fourth-order valence-corrected chi connectivity index (χ4v) is 11.1. The van der Waals surface area contributed by atoms with E-state index in [0.29, 0.717) is 19.4 Å². The molecule has 0 bridgehead atoms. The van der Waals surface area contributed by atoms with E-state index in [1.54, 1.807) is 0 Å². The van der Waals surface area contributed by atoms with Crippen molar-refractivity contribution in [3.63, 3.8) is 0 Å². The molecule has 59 heavy (non-hydrogen) atoms. The molecule has 0 saturated carbocycles. The summed E-state index contributed by atoms with van der Waals surface area (Å²) in [5.74, 6) is 0. The first kappa shape index (κ1) is 50.2. The van der Waals surface area contributed by atoms with Crippen LogP contribution in [-0.4, -0.2) is 62.6 Å². The van der Waals surface area contributed by atoms with E-state index in [2.05, 4.69) is 50.3 Å². The number of ether oxygens (including phenoxy) is 3. The number of hydrogen-bond donors (Lipinski definition) is 6. The van der Waals surface area contributed by atoms with Crippen LogP contribution in [0.4, 0.5) is 0 Å². The third kappa shape index (κ3) is 13.8. The first-order valence-corrected chi connectivity index (χ1v) is 24.3. The quantitative estimate of drug-likeness (QED) is 0.0268. The molecule has 2 N–H and O–H groups in total. The minimum atomic E-state index is -2.09. The van der Waals surface area contributed by atoms with Crippen LogP contribution >= 0.6 is 50.5 Å². The fraction of sp³-hybridized carbons (Fsp3) is 0.600. The Labute approximate surface area is 379 Å². The van der Waals surface area contributed by atoms with Crippen molar-refractivity contribution < 1.29 is 24.4 Å².